The van der Waals surface area contributed by atoms with Crippen LogP contribution in [0.4, 0.5) is 5.69 Å². The number of aliphatic imine (C=N–C) groups is 1. The maximum Gasteiger partial charge on any atom is 0.254 e. The monoisotopic (exact) mass is 514 g/mol. The van der Waals surface area contributed by atoms with Crippen LogP contribution in [0.5, 0.6) is 11.5 Å². The number of piperazine rings is 1. The van der Waals surface area contributed by atoms with Crippen molar-refractivity contribution in [2.45, 2.75) is 17.8 Å². The highest BCUT2D eigenvalue weighted by atomic mass is 32.2. The van der Waals surface area contributed by atoms with Gasteiger partial charge in [-0.3, -0.25) is 14.7 Å². The number of carbonyl (C=O) groups is 1. The van der Waals surface area contributed by atoms with Crippen LogP contribution in [-0.2, 0) is 16.4 Å². The number of amidine groups is 1. The molecule has 2 saturated heterocycles. The second kappa shape index (κ2) is 9.03. The molecule has 2 aromatic carbocycles. The fourth-order valence-corrected chi connectivity index (χ4v) is 8.53. The maximum absolute atomic E-state index is 13.2. The van der Waals surface area contributed by atoms with Gasteiger partial charge in [-0.15, -0.1) is 0 Å². The quantitative estimate of drug-likeness (QED) is 0.662. The molecular formula is C24H26N4O5S2. The van der Waals surface area contributed by atoms with Gasteiger partial charge in [0.15, 0.2) is 26.5 Å². The van der Waals surface area contributed by atoms with E-state index in [-0.39, 0.29) is 35.5 Å². The summed E-state index contributed by atoms with van der Waals surface area (Å²) < 4.78 is 34.4. The molecule has 1 N–H and O–H groups in total. The van der Waals surface area contributed by atoms with Gasteiger partial charge in [-0.2, -0.15) is 0 Å². The van der Waals surface area contributed by atoms with Crippen LogP contribution in [0.25, 0.3) is 0 Å². The number of anilines is 1. The molecule has 0 aromatic heterocycles. The summed E-state index contributed by atoms with van der Waals surface area (Å²) in [6.45, 7) is 4.02. The normalized spacial score (nSPS) is 24.8. The molecule has 4 heterocycles. The number of carbonyl (C=O) groups excluding carboxylic acids is 1. The lowest BCUT2D eigenvalue weighted by Gasteiger charge is -2.34. The Morgan fingerprint density at radius 3 is 2.71 bits per heavy atom. The first kappa shape index (κ1) is 22.7. The SMILES string of the molecule is O=C(c1cccc(NC2=N[C@H]3CS(=O)(=O)C[C@@H]3S2)c1)N1CCN(Cc2ccc3c(c2)OCO3)CC1. The first-order valence-electron chi connectivity index (χ1n) is 11.6. The second-order valence-electron chi connectivity index (χ2n) is 9.20. The third-order valence-electron chi connectivity index (χ3n) is 6.68. The zero-order valence-electron chi connectivity index (χ0n) is 19.1. The third kappa shape index (κ3) is 4.85. The Morgan fingerprint density at radius 1 is 1.06 bits per heavy atom. The van der Waals surface area contributed by atoms with E-state index in [2.05, 4.69) is 21.3 Å². The lowest BCUT2D eigenvalue weighted by atomic mass is 10.1. The van der Waals surface area contributed by atoms with Gasteiger partial charge >= 0.3 is 0 Å². The Balaban J connectivity index is 1.04. The summed E-state index contributed by atoms with van der Waals surface area (Å²) in [7, 11) is -2.98. The van der Waals surface area contributed by atoms with Gasteiger partial charge in [0, 0.05) is 49.2 Å². The standard InChI is InChI=1S/C24H26N4O5S2/c29-23(28-8-6-27(7-9-28)12-16-4-5-20-21(10-16)33-15-32-20)17-2-1-3-18(11-17)25-24-26-19-13-35(30,31)14-22(19)34-24/h1-5,10-11,19,22H,6-9,12-15H2,(H,25,26)/t19-,22-/m0/s1. The number of ether oxygens (including phenoxy) is 2. The smallest absolute Gasteiger partial charge is 0.254 e. The molecular weight excluding hydrogens is 488 g/mol. The highest BCUT2D eigenvalue weighted by Gasteiger charge is 2.42. The number of nitrogens with zero attached hydrogens (tertiary/aromatic N) is 3. The number of thioether (sulfide) groups is 1. The molecule has 35 heavy (non-hydrogen) atoms. The van der Waals surface area contributed by atoms with E-state index in [1.54, 1.807) is 0 Å². The van der Waals surface area contributed by atoms with Crippen LogP contribution in [0.3, 0.4) is 0 Å². The molecule has 4 aliphatic rings. The molecule has 2 aromatic rings. The Labute approximate surface area is 208 Å². The van der Waals surface area contributed by atoms with Gasteiger partial charge in [-0.05, 0) is 35.9 Å². The lowest BCUT2D eigenvalue weighted by molar-refractivity contribution is 0.0628. The zero-order chi connectivity index (χ0) is 24.0. The van der Waals surface area contributed by atoms with Crippen LogP contribution in [-0.4, -0.2) is 85.1 Å². The number of nitrogens with one attached hydrogen (secondary N) is 1. The van der Waals surface area contributed by atoms with Crippen LogP contribution in [0.1, 0.15) is 15.9 Å². The number of hydrogen-bond donors (Lipinski definition) is 1. The molecule has 0 saturated carbocycles. The van der Waals surface area contributed by atoms with Crippen LogP contribution < -0.4 is 14.8 Å². The molecule has 0 bridgehead atoms. The topological polar surface area (TPSA) is 101 Å². The van der Waals surface area contributed by atoms with Crippen molar-refractivity contribution in [2.24, 2.45) is 4.99 Å². The molecule has 6 rings (SSSR count). The van der Waals surface area contributed by atoms with Crippen molar-refractivity contribution in [3.8, 4) is 11.5 Å². The minimum atomic E-state index is -2.98. The summed E-state index contributed by atoms with van der Waals surface area (Å²) >= 11 is 1.47. The highest BCUT2D eigenvalue weighted by Crippen LogP contribution is 2.35. The van der Waals surface area contributed by atoms with Gasteiger partial charge in [0.05, 0.1) is 17.5 Å². The summed E-state index contributed by atoms with van der Waals surface area (Å²) in [5.74, 6) is 1.89. The summed E-state index contributed by atoms with van der Waals surface area (Å²) in [5.41, 5.74) is 2.58. The van der Waals surface area contributed by atoms with Crippen molar-refractivity contribution in [1.82, 2.24) is 9.80 Å². The van der Waals surface area contributed by atoms with E-state index in [0.717, 1.165) is 42.0 Å². The van der Waals surface area contributed by atoms with Crippen LogP contribution >= 0.6 is 11.8 Å². The molecule has 11 heteroatoms. The lowest BCUT2D eigenvalue weighted by Crippen LogP contribution is -2.48. The van der Waals surface area contributed by atoms with Crippen LogP contribution in [0.15, 0.2) is 47.5 Å². The molecule has 0 radical (unpaired) electrons. The number of sulfone groups is 1. The Morgan fingerprint density at radius 2 is 1.89 bits per heavy atom. The molecule has 2 atom stereocenters. The molecule has 184 valence electrons. The largest absolute Gasteiger partial charge is 0.454 e. The minimum absolute atomic E-state index is 0.0127. The predicted molar refractivity (Wildman–Crippen MR) is 135 cm³/mol. The van der Waals surface area contributed by atoms with Gasteiger partial charge in [0.25, 0.3) is 5.91 Å². The third-order valence-corrected chi connectivity index (χ3v) is 9.82. The Hall–Kier alpha value is -2.76. The first-order chi connectivity index (χ1) is 16.9. The Bertz CT molecular complexity index is 1290. The molecule has 1 amide bonds. The van der Waals surface area contributed by atoms with Crippen molar-refractivity contribution >= 4 is 38.4 Å². The molecule has 9 nitrogen and oxygen atoms in total. The summed E-state index contributed by atoms with van der Waals surface area (Å²) in [6.07, 6.45) is 0. The number of benzene rings is 2. The van der Waals surface area contributed by atoms with E-state index >= 15 is 0 Å². The van der Waals surface area contributed by atoms with Crippen LogP contribution in [0, 0.1) is 0 Å². The first-order valence-corrected chi connectivity index (χ1v) is 14.3. The molecule has 0 spiro atoms. The highest BCUT2D eigenvalue weighted by molar-refractivity contribution is 8.15. The van der Waals surface area contributed by atoms with Gasteiger partial charge in [-0.25, -0.2) is 8.42 Å². The summed E-state index contributed by atoms with van der Waals surface area (Å²) in [5, 5.41) is 3.97. The fourth-order valence-electron chi connectivity index (χ4n) is 4.86. The van der Waals surface area contributed by atoms with Gasteiger partial charge in [0.1, 0.15) is 0 Å². The van der Waals surface area contributed by atoms with E-state index in [1.807, 2.05) is 41.3 Å². The maximum atomic E-state index is 13.2. The van der Waals surface area contributed by atoms with Gasteiger partial charge in [-0.1, -0.05) is 23.9 Å². The van der Waals surface area contributed by atoms with Crippen molar-refractivity contribution in [1.29, 1.82) is 0 Å². The van der Waals surface area contributed by atoms with Crippen molar-refractivity contribution < 1.29 is 22.7 Å². The number of rotatable bonds is 4. The summed E-state index contributed by atoms with van der Waals surface area (Å²) in [6, 6.07) is 13.3. The van der Waals surface area contributed by atoms with Crippen molar-refractivity contribution in [3.05, 3.63) is 53.6 Å². The number of fused-ring (bicyclic) bond motifs is 2. The predicted octanol–water partition coefficient (Wildman–Crippen LogP) is 2.05. The Kier molecular flexibility index (Phi) is 5.85. The number of amides is 1. The molecule has 0 unspecified atom stereocenters. The second-order valence-corrected chi connectivity index (χ2v) is 12.6. The molecule has 0 aliphatic carbocycles. The van der Waals surface area contributed by atoms with E-state index in [9.17, 15) is 13.2 Å². The average Bonchev–Trinajstić information content (AvgIpc) is 3.51. The van der Waals surface area contributed by atoms with E-state index in [4.69, 9.17) is 9.47 Å². The minimum Gasteiger partial charge on any atom is -0.454 e. The zero-order valence-corrected chi connectivity index (χ0v) is 20.7. The molecule has 2 fully saturated rings. The van der Waals surface area contributed by atoms with Crippen molar-refractivity contribution in [3.63, 3.8) is 0 Å². The average molecular weight is 515 g/mol. The van der Waals surface area contributed by atoms with Gasteiger partial charge < -0.3 is 19.7 Å². The van der Waals surface area contributed by atoms with Crippen LogP contribution in [0.2, 0.25) is 0 Å². The van der Waals surface area contributed by atoms with E-state index < -0.39 is 9.84 Å². The summed E-state index contributed by atoms with van der Waals surface area (Å²) in [4.78, 5) is 21.9. The number of hydrogen-bond acceptors (Lipinski definition) is 9. The van der Waals surface area contributed by atoms with Gasteiger partial charge in [0.2, 0.25) is 6.79 Å². The fraction of sp³-hybridized carbons (Fsp3) is 0.417. The van der Waals surface area contributed by atoms with E-state index in [0.29, 0.717) is 18.7 Å². The molecule has 4 aliphatic heterocycles. The van der Waals surface area contributed by atoms with Crippen molar-refractivity contribution in [2.75, 3.05) is 49.8 Å². The van der Waals surface area contributed by atoms with E-state index in [1.165, 1.54) is 17.3 Å².